The lowest BCUT2D eigenvalue weighted by Gasteiger charge is -2.12. The molecule has 0 unspecified atom stereocenters. The third kappa shape index (κ3) is 5.01. The Kier molecular flexibility index (Phi) is 5.37. The zero-order valence-electron chi connectivity index (χ0n) is 12.3. The minimum atomic E-state index is -4.57. The largest absolute Gasteiger partial charge is 0.405 e. The molecule has 0 bridgehead atoms. The standard InChI is InChI=1S/C14H10F3N3O4S/c15-14(16,17)7-18-12(21)8-3-1-2-4-9(8)19-13(22)10-5-6-11(25-10)20(23)24/h1-6H,7H2,(H,18,21)(H,19,22). The second-order valence-electron chi connectivity index (χ2n) is 4.69. The second kappa shape index (κ2) is 7.30. The molecule has 2 N–H and O–H groups in total. The summed E-state index contributed by atoms with van der Waals surface area (Å²) in [5, 5.41) is 14.5. The van der Waals surface area contributed by atoms with Crippen molar-refractivity contribution in [3.63, 3.8) is 0 Å². The van der Waals surface area contributed by atoms with Crippen LogP contribution in [0.25, 0.3) is 0 Å². The van der Waals surface area contributed by atoms with E-state index in [4.69, 9.17) is 0 Å². The van der Waals surface area contributed by atoms with Gasteiger partial charge in [-0.25, -0.2) is 0 Å². The molecule has 1 heterocycles. The maximum absolute atomic E-state index is 12.2. The Hall–Kier alpha value is -2.95. The van der Waals surface area contributed by atoms with E-state index in [1.165, 1.54) is 30.3 Å². The zero-order valence-corrected chi connectivity index (χ0v) is 13.1. The monoisotopic (exact) mass is 373 g/mol. The molecule has 0 aliphatic heterocycles. The zero-order chi connectivity index (χ0) is 18.6. The van der Waals surface area contributed by atoms with E-state index in [9.17, 15) is 32.9 Å². The highest BCUT2D eigenvalue weighted by molar-refractivity contribution is 7.17. The summed E-state index contributed by atoms with van der Waals surface area (Å²) >= 11 is 0.636. The molecule has 11 heteroatoms. The third-order valence-electron chi connectivity index (χ3n) is 2.86. The Bertz CT molecular complexity index is 820. The van der Waals surface area contributed by atoms with E-state index in [2.05, 4.69) is 5.32 Å². The minimum Gasteiger partial charge on any atom is -0.343 e. The van der Waals surface area contributed by atoms with Crippen molar-refractivity contribution in [2.24, 2.45) is 0 Å². The third-order valence-corrected chi connectivity index (χ3v) is 3.90. The number of rotatable bonds is 5. The molecule has 0 spiro atoms. The fourth-order valence-electron chi connectivity index (χ4n) is 1.80. The van der Waals surface area contributed by atoms with Crippen molar-refractivity contribution in [3.8, 4) is 0 Å². The first-order valence-corrected chi connectivity index (χ1v) is 7.48. The quantitative estimate of drug-likeness (QED) is 0.621. The summed E-state index contributed by atoms with van der Waals surface area (Å²) < 4.78 is 36.6. The van der Waals surface area contributed by atoms with Crippen LogP contribution < -0.4 is 10.6 Å². The van der Waals surface area contributed by atoms with Crippen LogP contribution in [0.1, 0.15) is 20.0 Å². The molecular formula is C14H10F3N3O4S. The van der Waals surface area contributed by atoms with E-state index in [1.54, 1.807) is 5.32 Å². The van der Waals surface area contributed by atoms with Gasteiger partial charge in [0.05, 0.1) is 21.1 Å². The molecule has 0 saturated carbocycles. The molecule has 2 aromatic rings. The van der Waals surface area contributed by atoms with Crippen LogP contribution >= 0.6 is 11.3 Å². The fourth-order valence-corrected chi connectivity index (χ4v) is 2.51. The van der Waals surface area contributed by atoms with Crippen LogP contribution in [0.2, 0.25) is 0 Å². The molecular weight excluding hydrogens is 363 g/mol. The van der Waals surface area contributed by atoms with Crippen LogP contribution in [-0.2, 0) is 0 Å². The smallest absolute Gasteiger partial charge is 0.343 e. The predicted octanol–water partition coefficient (Wildman–Crippen LogP) is 3.20. The van der Waals surface area contributed by atoms with Crippen molar-refractivity contribution in [2.75, 3.05) is 11.9 Å². The first-order chi connectivity index (χ1) is 11.7. The van der Waals surface area contributed by atoms with E-state index in [0.717, 1.165) is 6.07 Å². The van der Waals surface area contributed by atoms with E-state index < -0.39 is 29.5 Å². The van der Waals surface area contributed by atoms with Gasteiger partial charge in [-0.3, -0.25) is 19.7 Å². The molecule has 1 aromatic carbocycles. The van der Waals surface area contributed by atoms with Crippen molar-refractivity contribution in [1.29, 1.82) is 0 Å². The fraction of sp³-hybridized carbons (Fsp3) is 0.143. The molecule has 7 nitrogen and oxygen atoms in total. The summed E-state index contributed by atoms with van der Waals surface area (Å²) in [4.78, 5) is 34.0. The molecule has 0 atom stereocenters. The van der Waals surface area contributed by atoms with E-state index >= 15 is 0 Å². The molecule has 0 saturated heterocycles. The van der Waals surface area contributed by atoms with Gasteiger partial charge in [-0.2, -0.15) is 13.2 Å². The van der Waals surface area contributed by atoms with Gasteiger partial charge in [-0.1, -0.05) is 23.5 Å². The molecule has 132 valence electrons. The van der Waals surface area contributed by atoms with E-state index in [-0.39, 0.29) is 21.1 Å². The number of nitrogens with one attached hydrogen (secondary N) is 2. The summed E-state index contributed by atoms with van der Waals surface area (Å²) in [7, 11) is 0. The number of para-hydroxylation sites is 1. The number of nitrogens with zero attached hydrogens (tertiary/aromatic N) is 1. The number of carbonyl (C=O) groups excluding carboxylic acids is 2. The summed E-state index contributed by atoms with van der Waals surface area (Å²) in [6, 6.07) is 7.88. The molecule has 0 aliphatic carbocycles. The number of thiophene rings is 1. The van der Waals surface area contributed by atoms with Gasteiger partial charge < -0.3 is 10.6 Å². The van der Waals surface area contributed by atoms with Crippen molar-refractivity contribution in [1.82, 2.24) is 5.32 Å². The predicted molar refractivity (Wildman–Crippen MR) is 83.8 cm³/mol. The summed E-state index contributed by atoms with van der Waals surface area (Å²) in [6.45, 7) is -1.51. The summed E-state index contributed by atoms with van der Waals surface area (Å²) in [5.74, 6) is -1.72. The summed E-state index contributed by atoms with van der Waals surface area (Å²) in [6.07, 6.45) is -4.57. The van der Waals surface area contributed by atoms with Crippen molar-refractivity contribution in [3.05, 3.63) is 57.0 Å². The Morgan fingerprint density at radius 2 is 1.80 bits per heavy atom. The number of hydrogen-bond acceptors (Lipinski definition) is 5. The van der Waals surface area contributed by atoms with E-state index in [0.29, 0.717) is 11.3 Å². The number of alkyl halides is 3. The highest BCUT2D eigenvalue weighted by Gasteiger charge is 2.28. The minimum absolute atomic E-state index is 0.0109. The molecule has 25 heavy (non-hydrogen) atoms. The van der Waals surface area contributed by atoms with Gasteiger partial charge in [0.25, 0.3) is 11.8 Å². The van der Waals surface area contributed by atoms with E-state index in [1.807, 2.05) is 0 Å². The maximum atomic E-state index is 12.2. The molecule has 2 amide bonds. The number of carbonyl (C=O) groups is 2. The maximum Gasteiger partial charge on any atom is 0.405 e. The highest BCUT2D eigenvalue weighted by Crippen LogP contribution is 2.25. The van der Waals surface area contributed by atoms with Gasteiger partial charge in [-0.05, 0) is 18.2 Å². The first-order valence-electron chi connectivity index (χ1n) is 6.67. The SMILES string of the molecule is O=C(Nc1ccccc1C(=O)NCC(F)(F)F)c1ccc([N+](=O)[O-])s1. The Morgan fingerprint density at radius 3 is 2.40 bits per heavy atom. The molecule has 0 radical (unpaired) electrons. The van der Waals surface area contributed by atoms with Crippen LogP contribution in [0.3, 0.4) is 0 Å². The number of benzene rings is 1. The lowest BCUT2D eigenvalue weighted by molar-refractivity contribution is -0.380. The van der Waals surface area contributed by atoms with Gasteiger partial charge in [0.1, 0.15) is 6.54 Å². The van der Waals surface area contributed by atoms with Crippen molar-refractivity contribution < 1.29 is 27.7 Å². The highest BCUT2D eigenvalue weighted by atomic mass is 32.1. The number of hydrogen-bond donors (Lipinski definition) is 2. The Labute approximate surface area is 142 Å². The number of nitro groups is 1. The molecule has 0 aliphatic rings. The molecule has 1 aromatic heterocycles. The van der Waals surface area contributed by atoms with Crippen LogP contribution in [0.15, 0.2) is 36.4 Å². The van der Waals surface area contributed by atoms with Gasteiger partial charge in [0.15, 0.2) is 0 Å². The van der Waals surface area contributed by atoms with Crippen LogP contribution in [0, 0.1) is 10.1 Å². The number of amides is 2. The lowest BCUT2D eigenvalue weighted by Crippen LogP contribution is -2.34. The number of anilines is 1. The van der Waals surface area contributed by atoms with Gasteiger partial charge in [0, 0.05) is 6.07 Å². The van der Waals surface area contributed by atoms with Crippen molar-refractivity contribution in [2.45, 2.75) is 6.18 Å². The Morgan fingerprint density at radius 1 is 1.12 bits per heavy atom. The van der Waals surface area contributed by atoms with Gasteiger partial charge in [0.2, 0.25) is 0 Å². The van der Waals surface area contributed by atoms with Crippen molar-refractivity contribution >= 4 is 33.8 Å². The normalized spacial score (nSPS) is 11.0. The van der Waals surface area contributed by atoms with Crippen LogP contribution in [0.5, 0.6) is 0 Å². The Balaban J connectivity index is 2.15. The average molecular weight is 373 g/mol. The average Bonchev–Trinajstić information content (AvgIpc) is 3.03. The van der Waals surface area contributed by atoms with Crippen LogP contribution in [0.4, 0.5) is 23.9 Å². The second-order valence-corrected chi connectivity index (χ2v) is 5.75. The molecule has 2 rings (SSSR count). The van der Waals surface area contributed by atoms with Crippen LogP contribution in [-0.4, -0.2) is 29.5 Å². The topological polar surface area (TPSA) is 101 Å². The molecule has 0 fully saturated rings. The number of halogens is 3. The van der Waals surface area contributed by atoms with Gasteiger partial charge in [-0.15, -0.1) is 0 Å². The first kappa shape index (κ1) is 18.4. The lowest BCUT2D eigenvalue weighted by atomic mass is 10.1. The summed E-state index contributed by atoms with van der Waals surface area (Å²) in [5.41, 5.74) is -0.172. The van der Waals surface area contributed by atoms with Gasteiger partial charge >= 0.3 is 11.2 Å².